The Bertz CT molecular complexity index is 577. The Kier molecular flexibility index (Phi) is 5.38. The van der Waals surface area contributed by atoms with E-state index in [2.05, 4.69) is 5.32 Å². The molecule has 0 aliphatic carbocycles. The Morgan fingerprint density at radius 2 is 2.17 bits per heavy atom. The first-order chi connectivity index (χ1) is 11.7. The molecule has 3 rings (SSSR count). The summed E-state index contributed by atoms with van der Waals surface area (Å²) in [6.45, 7) is 4.16. The van der Waals surface area contributed by atoms with E-state index in [1.54, 1.807) is 0 Å². The number of rotatable bonds is 5. The average molecular weight is 330 g/mol. The van der Waals surface area contributed by atoms with Gasteiger partial charge in [-0.3, -0.25) is 9.59 Å². The molecule has 1 aromatic rings. The fraction of sp³-hybridized carbons (Fsp3) is 0.579. The van der Waals surface area contributed by atoms with Crippen LogP contribution in [0, 0.1) is 5.92 Å². The van der Waals surface area contributed by atoms with Crippen molar-refractivity contribution in [2.45, 2.75) is 45.1 Å². The summed E-state index contributed by atoms with van der Waals surface area (Å²) < 4.78 is 5.83. The highest BCUT2D eigenvalue weighted by Crippen LogP contribution is 2.29. The number of nitrogens with zero attached hydrogens (tertiary/aromatic N) is 1. The fourth-order valence-corrected chi connectivity index (χ4v) is 3.53. The van der Waals surface area contributed by atoms with Crippen molar-refractivity contribution in [2.24, 2.45) is 5.92 Å². The molecule has 0 bridgehead atoms. The predicted octanol–water partition coefficient (Wildman–Crippen LogP) is 2.14. The van der Waals surface area contributed by atoms with E-state index < -0.39 is 6.10 Å². The molecule has 1 aromatic carbocycles. The molecule has 0 saturated carbocycles. The van der Waals surface area contributed by atoms with E-state index in [-0.39, 0.29) is 11.8 Å². The fourth-order valence-electron chi connectivity index (χ4n) is 3.53. The van der Waals surface area contributed by atoms with E-state index in [1.807, 2.05) is 36.1 Å². The lowest BCUT2D eigenvalue weighted by Crippen LogP contribution is -2.48. The number of likely N-dealkylation sites (tertiary alicyclic amines) is 1. The van der Waals surface area contributed by atoms with Crippen molar-refractivity contribution in [2.75, 3.05) is 19.6 Å². The summed E-state index contributed by atoms with van der Waals surface area (Å²) in [6, 6.07) is 7.85. The minimum atomic E-state index is -0.393. The lowest BCUT2D eigenvalue weighted by Gasteiger charge is -2.34. The molecule has 5 heteroatoms. The van der Waals surface area contributed by atoms with Gasteiger partial charge in [-0.25, -0.2) is 0 Å². The molecule has 0 radical (unpaired) electrons. The van der Waals surface area contributed by atoms with Crippen molar-refractivity contribution in [1.29, 1.82) is 0 Å². The van der Waals surface area contributed by atoms with Gasteiger partial charge in [-0.2, -0.15) is 0 Å². The van der Waals surface area contributed by atoms with Crippen molar-refractivity contribution < 1.29 is 14.3 Å². The zero-order valence-corrected chi connectivity index (χ0v) is 14.3. The zero-order chi connectivity index (χ0) is 16.9. The molecule has 2 aliphatic rings. The Balaban J connectivity index is 1.52. The molecule has 24 heavy (non-hydrogen) atoms. The molecule has 2 amide bonds. The normalized spacial score (nSPS) is 22.6. The van der Waals surface area contributed by atoms with Crippen molar-refractivity contribution in [3.63, 3.8) is 0 Å². The van der Waals surface area contributed by atoms with Crippen LogP contribution in [0.4, 0.5) is 0 Å². The van der Waals surface area contributed by atoms with Crippen LogP contribution in [0.1, 0.15) is 38.2 Å². The van der Waals surface area contributed by atoms with Gasteiger partial charge < -0.3 is 15.0 Å². The number of carbonyl (C=O) groups is 2. The Labute approximate surface area is 143 Å². The molecule has 1 saturated heterocycles. The number of hydrogen-bond donors (Lipinski definition) is 1. The van der Waals surface area contributed by atoms with Crippen LogP contribution >= 0.6 is 0 Å². The molecule has 1 fully saturated rings. The lowest BCUT2D eigenvalue weighted by molar-refractivity contribution is -0.139. The van der Waals surface area contributed by atoms with Crippen molar-refractivity contribution in [3.8, 4) is 5.75 Å². The smallest absolute Gasteiger partial charge is 0.264 e. The highest BCUT2D eigenvalue weighted by atomic mass is 16.5. The highest BCUT2D eigenvalue weighted by molar-refractivity contribution is 5.82. The van der Waals surface area contributed by atoms with E-state index in [4.69, 9.17) is 4.74 Å². The number of para-hydroxylation sites is 1. The standard InChI is InChI=1S/C19H26N2O3/c1-2-6-18(22)20-12-14-7-5-10-21(13-14)19(23)17-11-15-8-3-4-9-16(15)24-17/h3-4,8-9,14,17H,2,5-7,10-13H2,1H3,(H,20,22)/t14-,17+/m0/s1. The lowest BCUT2D eigenvalue weighted by atomic mass is 9.97. The first-order valence-electron chi connectivity index (χ1n) is 8.97. The molecule has 2 atom stereocenters. The van der Waals surface area contributed by atoms with Crippen LogP contribution in [0.5, 0.6) is 5.75 Å². The summed E-state index contributed by atoms with van der Waals surface area (Å²) in [6.07, 6.45) is 3.74. The van der Waals surface area contributed by atoms with Gasteiger partial charge in [-0.1, -0.05) is 25.1 Å². The molecule has 0 unspecified atom stereocenters. The Morgan fingerprint density at radius 3 is 2.96 bits per heavy atom. The summed E-state index contributed by atoms with van der Waals surface area (Å²) in [5.74, 6) is 1.36. The van der Waals surface area contributed by atoms with Crippen molar-refractivity contribution in [3.05, 3.63) is 29.8 Å². The van der Waals surface area contributed by atoms with Gasteiger partial charge in [0.25, 0.3) is 5.91 Å². The van der Waals surface area contributed by atoms with Gasteiger partial charge in [0, 0.05) is 32.5 Å². The molecule has 0 aromatic heterocycles. The number of piperidine rings is 1. The zero-order valence-electron chi connectivity index (χ0n) is 14.3. The van der Waals surface area contributed by atoms with Crippen LogP contribution in [-0.4, -0.2) is 42.5 Å². The second kappa shape index (κ2) is 7.69. The van der Waals surface area contributed by atoms with Crippen molar-refractivity contribution in [1.82, 2.24) is 10.2 Å². The van der Waals surface area contributed by atoms with Gasteiger partial charge in [-0.15, -0.1) is 0 Å². The number of ether oxygens (including phenoxy) is 1. The van der Waals surface area contributed by atoms with Gasteiger partial charge in [-0.05, 0) is 36.8 Å². The molecule has 0 spiro atoms. The maximum atomic E-state index is 12.8. The number of benzene rings is 1. The SMILES string of the molecule is CCCC(=O)NC[C@@H]1CCCN(C(=O)[C@H]2Cc3ccccc3O2)C1. The van der Waals surface area contributed by atoms with Crippen molar-refractivity contribution >= 4 is 11.8 Å². The second-order valence-electron chi connectivity index (χ2n) is 6.76. The van der Waals surface area contributed by atoms with Gasteiger partial charge >= 0.3 is 0 Å². The Morgan fingerprint density at radius 1 is 1.33 bits per heavy atom. The second-order valence-corrected chi connectivity index (χ2v) is 6.76. The van der Waals surface area contributed by atoms with E-state index >= 15 is 0 Å². The average Bonchev–Trinajstić information content (AvgIpc) is 3.04. The van der Waals surface area contributed by atoms with E-state index in [0.29, 0.717) is 31.8 Å². The van der Waals surface area contributed by atoms with Gasteiger partial charge in [0.05, 0.1) is 0 Å². The van der Waals surface area contributed by atoms with Crippen LogP contribution in [0.2, 0.25) is 0 Å². The minimum Gasteiger partial charge on any atom is -0.480 e. The van der Waals surface area contributed by atoms with E-state index in [1.165, 1.54) is 0 Å². The summed E-state index contributed by atoms with van der Waals surface area (Å²) >= 11 is 0. The molecule has 5 nitrogen and oxygen atoms in total. The number of nitrogens with one attached hydrogen (secondary N) is 1. The molecular weight excluding hydrogens is 304 g/mol. The first kappa shape index (κ1) is 16.8. The van der Waals surface area contributed by atoms with Crippen LogP contribution in [0.15, 0.2) is 24.3 Å². The topological polar surface area (TPSA) is 58.6 Å². The van der Waals surface area contributed by atoms with E-state index in [9.17, 15) is 9.59 Å². The highest BCUT2D eigenvalue weighted by Gasteiger charge is 2.34. The maximum Gasteiger partial charge on any atom is 0.264 e. The molecular formula is C19H26N2O3. The summed E-state index contributed by atoms with van der Waals surface area (Å²) in [4.78, 5) is 26.3. The third-order valence-corrected chi connectivity index (χ3v) is 4.82. The molecule has 1 N–H and O–H groups in total. The molecule has 2 heterocycles. The first-order valence-corrected chi connectivity index (χ1v) is 8.97. The monoisotopic (exact) mass is 330 g/mol. The molecule has 2 aliphatic heterocycles. The summed E-state index contributed by atoms with van der Waals surface area (Å²) in [7, 11) is 0. The van der Waals surface area contributed by atoms with E-state index in [0.717, 1.165) is 37.1 Å². The van der Waals surface area contributed by atoms with Gasteiger partial charge in [0.1, 0.15) is 5.75 Å². The summed E-state index contributed by atoms with van der Waals surface area (Å²) in [5.41, 5.74) is 1.11. The Hall–Kier alpha value is -2.04. The van der Waals surface area contributed by atoms with Gasteiger partial charge in [0.15, 0.2) is 6.10 Å². The number of fused-ring (bicyclic) bond motifs is 1. The minimum absolute atomic E-state index is 0.0794. The number of hydrogen-bond acceptors (Lipinski definition) is 3. The summed E-state index contributed by atoms with van der Waals surface area (Å²) in [5, 5.41) is 2.99. The molecule has 130 valence electrons. The predicted molar refractivity (Wildman–Crippen MR) is 91.8 cm³/mol. The maximum absolute atomic E-state index is 12.8. The van der Waals surface area contributed by atoms with Crippen LogP contribution < -0.4 is 10.1 Å². The quantitative estimate of drug-likeness (QED) is 0.900. The van der Waals surface area contributed by atoms with Crippen LogP contribution in [-0.2, 0) is 16.0 Å². The van der Waals surface area contributed by atoms with Crippen LogP contribution in [0.3, 0.4) is 0 Å². The number of amides is 2. The largest absolute Gasteiger partial charge is 0.480 e. The third kappa shape index (κ3) is 3.89. The number of carbonyl (C=O) groups excluding carboxylic acids is 2. The van der Waals surface area contributed by atoms with Crippen LogP contribution in [0.25, 0.3) is 0 Å². The van der Waals surface area contributed by atoms with Gasteiger partial charge in [0.2, 0.25) is 5.91 Å². The third-order valence-electron chi connectivity index (χ3n) is 4.82.